The standard InChI is InChI=1S/C3H4N2O3S2/c6-10(7,8)2-3-1-4-5-9-3/h1H,2H2,(H,6,7,8). The van der Waals surface area contributed by atoms with Crippen LogP contribution in [-0.4, -0.2) is 22.6 Å². The zero-order valence-electron chi connectivity index (χ0n) is 4.76. The van der Waals surface area contributed by atoms with E-state index in [-0.39, 0.29) is 0 Å². The number of rotatable bonds is 2. The van der Waals surface area contributed by atoms with E-state index < -0.39 is 15.9 Å². The van der Waals surface area contributed by atoms with Gasteiger partial charge in [0.25, 0.3) is 10.1 Å². The smallest absolute Gasteiger partial charge is 0.270 e. The Labute approximate surface area is 61.6 Å². The van der Waals surface area contributed by atoms with Crippen LogP contribution in [0.4, 0.5) is 0 Å². The van der Waals surface area contributed by atoms with Crippen LogP contribution < -0.4 is 0 Å². The van der Waals surface area contributed by atoms with E-state index in [1.165, 1.54) is 6.20 Å². The summed E-state index contributed by atoms with van der Waals surface area (Å²) < 4.78 is 32.1. The molecule has 5 nitrogen and oxygen atoms in total. The quantitative estimate of drug-likeness (QED) is 0.644. The first-order valence-corrected chi connectivity index (χ1v) is 4.67. The Morgan fingerprint density at radius 1 is 1.70 bits per heavy atom. The van der Waals surface area contributed by atoms with Crippen LogP contribution in [-0.2, 0) is 15.9 Å². The van der Waals surface area contributed by atoms with E-state index in [0.717, 1.165) is 11.5 Å². The van der Waals surface area contributed by atoms with Crippen LogP contribution in [0.5, 0.6) is 0 Å². The Morgan fingerprint density at radius 2 is 2.40 bits per heavy atom. The summed E-state index contributed by atoms with van der Waals surface area (Å²) in [5, 5.41) is 3.40. The molecule has 0 saturated heterocycles. The second-order valence-electron chi connectivity index (χ2n) is 1.61. The van der Waals surface area contributed by atoms with E-state index in [0.29, 0.717) is 4.88 Å². The third kappa shape index (κ3) is 2.38. The fourth-order valence-electron chi connectivity index (χ4n) is 0.431. The van der Waals surface area contributed by atoms with Crippen molar-refractivity contribution in [3.63, 3.8) is 0 Å². The number of aromatic nitrogens is 2. The summed E-state index contributed by atoms with van der Waals surface area (Å²) in [5.41, 5.74) is 0. The van der Waals surface area contributed by atoms with Gasteiger partial charge in [-0.3, -0.25) is 4.55 Å². The van der Waals surface area contributed by atoms with Crippen molar-refractivity contribution >= 4 is 21.7 Å². The van der Waals surface area contributed by atoms with Crippen LogP contribution in [0.15, 0.2) is 6.20 Å². The highest BCUT2D eigenvalue weighted by atomic mass is 32.2. The lowest BCUT2D eigenvalue weighted by molar-refractivity contribution is 0.482. The van der Waals surface area contributed by atoms with Gasteiger partial charge in [0.05, 0.1) is 11.1 Å². The Kier molecular flexibility index (Phi) is 1.97. The molecule has 10 heavy (non-hydrogen) atoms. The van der Waals surface area contributed by atoms with Gasteiger partial charge < -0.3 is 0 Å². The van der Waals surface area contributed by atoms with Gasteiger partial charge in [-0.1, -0.05) is 4.49 Å². The van der Waals surface area contributed by atoms with Crippen molar-refractivity contribution in [2.24, 2.45) is 0 Å². The molecule has 0 aliphatic heterocycles. The maximum Gasteiger partial charge on any atom is 0.270 e. The molecule has 0 aliphatic rings. The lowest BCUT2D eigenvalue weighted by atomic mass is 10.6. The van der Waals surface area contributed by atoms with Crippen molar-refractivity contribution in [1.82, 2.24) is 9.59 Å². The topological polar surface area (TPSA) is 80.2 Å². The zero-order chi connectivity index (χ0) is 7.61. The molecule has 0 unspecified atom stereocenters. The van der Waals surface area contributed by atoms with Crippen molar-refractivity contribution in [2.75, 3.05) is 0 Å². The maximum atomic E-state index is 10.2. The van der Waals surface area contributed by atoms with Crippen LogP contribution in [0.25, 0.3) is 0 Å². The Bertz CT molecular complexity index is 290. The summed E-state index contributed by atoms with van der Waals surface area (Å²) in [5.74, 6) is -0.398. The summed E-state index contributed by atoms with van der Waals surface area (Å²) in [6.07, 6.45) is 1.30. The van der Waals surface area contributed by atoms with Crippen LogP contribution >= 0.6 is 11.5 Å². The Balaban J connectivity index is 2.75. The largest absolute Gasteiger partial charge is 0.285 e. The highest BCUT2D eigenvalue weighted by Gasteiger charge is 2.07. The molecule has 1 heterocycles. The van der Waals surface area contributed by atoms with Crippen molar-refractivity contribution in [3.05, 3.63) is 11.1 Å². The fourth-order valence-corrected chi connectivity index (χ4v) is 1.82. The maximum absolute atomic E-state index is 10.2. The lowest BCUT2D eigenvalue weighted by Crippen LogP contribution is -1.99. The van der Waals surface area contributed by atoms with E-state index in [2.05, 4.69) is 9.59 Å². The highest BCUT2D eigenvalue weighted by Crippen LogP contribution is 2.05. The molecule has 56 valence electrons. The van der Waals surface area contributed by atoms with Gasteiger partial charge in [0.15, 0.2) is 0 Å². The molecule has 1 N–H and O–H groups in total. The minimum Gasteiger partial charge on any atom is -0.285 e. The monoisotopic (exact) mass is 180 g/mol. The molecule has 0 bridgehead atoms. The van der Waals surface area contributed by atoms with E-state index in [4.69, 9.17) is 4.55 Å². The van der Waals surface area contributed by atoms with Gasteiger partial charge >= 0.3 is 0 Å². The molecule has 0 amide bonds. The molecule has 0 aliphatic carbocycles. The molecule has 0 aromatic carbocycles. The molecule has 0 atom stereocenters. The van der Waals surface area contributed by atoms with Crippen molar-refractivity contribution in [1.29, 1.82) is 0 Å². The first kappa shape index (κ1) is 7.58. The number of nitrogens with zero attached hydrogens (tertiary/aromatic N) is 2. The molecular formula is C3H4N2O3S2. The zero-order valence-corrected chi connectivity index (χ0v) is 6.39. The average Bonchev–Trinajstić information content (AvgIpc) is 2.12. The molecule has 0 fully saturated rings. The van der Waals surface area contributed by atoms with Crippen LogP contribution in [0.2, 0.25) is 0 Å². The second-order valence-corrected chi connectivity index (χ2v) is 3.93. The number of hydrogen-bond acceptors (Lipinski definition) is 5. The van der Waals surface area contributed by atoms with Gasteiger partial charge in [-0.15, -0.1) is 5.10 Å². The molecular weight excluding hydrogens is 176 g/mol. The highest BCUT2D eigenvalue weighted by molar-refractivity contribution is 7.85. The summed E-state index contributed by atoms with van der Waals surface area (Å²) in [7, 11) is -3.92. The molecule has 0 saturated carbocycles. The lowest BCUT2D eigenvalue weighted by Gasteiger charge is -1.87. The normalized spacial score (nSPS) is 11.7. The third-order valence-electron chi connectivity index (χ3n) is 0.732. The SMILES string of the molecule is O=S(=O)(O)Cc1cnns1. The minimum absolute atomic E-state index is 0.398. The predicted octanol–water partition coefficient (Wildman–Crippen LogP) is -0.0741. The molecule has 1 rings (SSSR count). The minimum atomic E-state index is -3.92. The van der Waals surface area contributed by atoms with Gasteiger partial charge in [-0.05, 0) is 11.5 Å². The summed E-state index contributed by atoms with van der Waals surface area (Å²) in [4.78, 5) is 0.433. The van der Waals surface area contributed by atoms with Gasteiger partial charge in [-0.25, -0.2) is 0 Å². The van der Waals surface area contributed by atoms with Crippen LogP contribution in [0.1, 0.15) is 4.88 Å². The summed E-state index contributed by atoms with van der Waals surface area (Å²) >= 11 is 0.950. The molecule has 1 aromatic heterocycles. The number of hydrogen-bond donors (Lipinski definition) is 1. The van der Waals surface area contributed by atoms with Crippen LogP contribution in [0.3, 0.4) is 0 Å². The van der Waals surface area contributed by atoms with Gasteiger partial charge in [0.2, 0.25) is 0 Å². The first-order chi connectivity index (χ1) is 4.58. The van der Waals surface area contributed by atoms with Crippen molar-refractivity contribution in [3.8, 4) is 0 Å². The van der Waals surface area contributed by atoms with Crippen molar-refractivity contribution < 1.29 is 13.0 Å². The fraction of sp³-hybridized carbons (Fsp3) is 0.333. The molecule has 1 aromatic rings. The van der Waals surface area contributed by atoms with Gasteiger partial charge in [0.1, 0.15) is 5.75 Å². The van der Waals surface area contributed by atoms with E-state index >= 15 is 0 Å². The van der Waals surface area contributed by atoms with Gasteiger partial charge in [0, 0.05) is 0 Å². The predicted molar refractivity (Wildman–Crippen MR) is 35.2 cm³/mol. The molecule has 7 heteroatoms. The van der Waals surface area contributed by atoms with Gasteiger partial charge in [-0.2, -0.15) is 8.42 Å². The second kappa shape index (κ2) is 2.60. The Morgan fingerprint density at radius 3 is 2.80 bits per heavy atom. The molecule has 0 radical (unpaired) electrons. The van der Waals surface area contributed by atoms with E-state index in [1.807, 2.05) is 0 Å². The first-order valence-electron chi connectivity index (χ1n) is 2.29. The summed E-state index contributed by atoms with van der Waals surface area (Å²) in [6, 6.07) is 0. The molecule has 0 spiro atoms. The summed E-state index contributed by atoms with van der Waals surface area (Å²) in [6.45, 7) is 0. The third-order valence-corrected chi connectivity index (χ3v) is 2.25. The van der Waals surface area contributed by atoms with E-state index in [1.54, 1.807) is 0 Å². The Hall–Kier alpha value is -0.530. The van der Waals surface area contributed by atoms with Crippen LogP contribution in [0, 0.1) is 0 Å². The van der Waals surface area contributed by atoms with E-state index in [9.17, 15) is 8.42 Å². The van der Waals surface area contributed by atoms with Crippen molar-refractivity contribution in [2.45, 2.75) is 5.75 Å². The average molecular weight is 180 g/mol.